The third-order valence-corrected chi connectivity index (χ3v) is 4.87. The first-order chi connectivity index (χ1) is 12.6. The van der Waals surface area contributed by atoms with E-state index in [0.29, 0.717) is 6.20 Å². The molecule has 0 bridgehead atoms. The summed E-state index contributed by atoms with van der Waals surface area (Å²) in [5.74, 6) is 0.0571. The van der Waals surface area contributed by atoms with E-state index in [1.54, 1.807) is 0 Å². The molecule has 27 heavy (non-hydrogen) atoms. The molecule has 0 aliphatic carbocycles. The number of hydrogen-bond donors (Lipinski definition) is 1. The molecule has 142 valence electrons. The Bertz CT molecular complexity index is 919. The van der Waals surface area contributed by atoms with Gasteiger partial charge < -0.3 is 4.90 Å². The summed E-state index contributed by atoms with van der Waals surface area (Å²) < 4.78 is 37.9. The van der Waals surface area contributed by atoms with Gasteiger partial charge in [0.15, 0.2) is 5.82 Å². The van der Waals surface area contributed by atoms with E-state index in [2.05, 4.69) is 46.4 Å². The number of para-hydroxylation sites is 1. The molecule has 1 aromatic carbocycles. The van der Waals surface area contributed by atoms with E-state index in [9.17, 15) is 13.2 Å². The molecule has 3 rings (SSSR count). The fourth-order valence-electron chi connectivity index (χ4n) is 3.18. The molecule has 2 heterocycles. The maximum Gasteiger partial charge on any atom is 0.417 e. The van der Waals surface area contributed by atoms with Crippen LogP contribution in [0.1, 0.15) is 25.0 Å². The molecule has 1 aromatic heterocycles. The van der Waals surface area contributed by atoms with Gasteiger partial charge in [-0.3, -0.25) is 5.43 Å². The number of hydrogen-bond acceptors (Lipinski definition) is 4. The Morgan fingerprint density at radius 2 is 1.96 bits per heavy atom. The lowest BCUT2D eigenvalue weighted by Crippen LogP contribution is -2.23. The SMILES string of the molecule is CN1C(=CC=NNc2ncc(C(F)(F)F)cc2Cl)C(C)(C)c2ccccc21. The van der Waals surface area contributed by atoms with Crippen LogP contribution in [-0.4, -0.2) is 18.2 Å². The van der Waals surface area contributed by atoms with Crippen molar-refractivity contribution in [1.82, 2.24) is 4.98 Å². The average molecular weight is 395 g/mol. The minimum Gasteiger partial charge on any atom is -0.347 e. The number of likely N-dealkylation sites (N-methyl/N-ethyl adjacent to an activating group) is 1. The summed E-state index contributed by atoms with van der Waals surface area (Å²) >= 11 is 5.85. The highest BCUT2D eigenvalue weighted by Crippen LogP contribution is 2.46. The van der Waals surface area contributed by atoms with E-state index in [0.717, 1.165) is 17.5 Å². The summed E-state index contributed by atoms with van der Waals surface area (Å²) in [5.41, 5.74) is 4.86. The van der Waals surface area contributed by atoms with Gasteiger partial charge in [0.2, 0.25) is 0 Å². The highest BCUT2D eigenvalue weighted by Gasteiger charge is 2.37. The van der Waals surface area contributed by atoms with Gasteiger partial charge in [-0.25, -0.2) is 4.98 Å². The predicted octanol–water partition coefficient (Wildman–Crippen LogP) is 5.46. The standard InChI is InChI=1S/C19H18ClF3N4/c1-18(2)13-6-4-5-7-15(13)27(3)16(18)8-9-25-26-17-14(20)10-12(11-24-17)19(21,22)23/h4-11H,1-3H3,(H,24,26). The van der Waals surface area contributed by atoms with Gasteiger partial charge in [-0.1, -0.05) is 43.6 Å². The van der Waals surface area contributed by atoms with Gasteiger partial charge in [0.25, 0.3) is 0 Å². The molecular weight excluding hydrogens is 377 g/mol. The number of alkyl halides is 3. The summed E-state index contributed by atoms with van der Waals surface area (Å²) in [6.07, 6.45) is -0.386. The third-order valence-electron chi connectivity index (χ3n) is 4.59. The van der Waals surface area contributed by atoms with Crippen LogP contribution in [0.2, 0.25) is 5.02 Å². The highest BCUT2D eigenvalue weighted by molar-refractivity contribution is 6.32. The van der Waals surface area contributed by atoms with E-state index in [4.69, 9.17) is 11.6 Å². The van der Waals surface area contributed by atoms with Crippen molar-refractivity contribution in [2.24, 2.45) is 5.10 Å². The molecule has 0 amide bonds. The van der Waals surface area contributed by atoms with Crippen LogP contribution >= 0.6 is 11.6 Å². The molecule has 0 saturated carbocycles. The van der Waals surface area contributed by atoms with Crippen LogP contribution in [0.15, 0.2) is 53.4 Å². The van der Waals surface area contributed by atoms with Crippen molar-refractivity contribution < 1.29 is 13.2 Å². The number of aromatic nitrogens is 1. The topological polar surface area (TPSA) is 40.5 Å². The number of nitrogens with one attached hydrogen (secondary N) is 1. The summed E-state index contributed by atoms with van der Waals surface area (Å²) in [5, 5.41) is 3.86. The average Bonchev–Trinajstić information content (AvgIpc) is 2.79. The summed E-state index contributed by atoms with van der Waals surface area (Å²) in [6.45, 7) is 4.24. The smallest absolute Gasteiger partial charge is 0.347 e. The number of hydrazone groups is 1. The number of halogens is 4. The minimum absolute atomic E-state index is 0.0571. The second-order valence-electron chi connectivity index (χ2n) is 6.70. The van der Waals surface area contributed by atoms with Gasteiger partial charge in [0, 0.05) is 36.3 Å². The third kappa shape index (κ3) is 3.64. The van der Waals surface area contributed by atoms with Crippen LogP contribution in [-0.2, 0) is 11.6 Å². The quantitative estimate of drug-likeness (QED) is 0.555. The number of fused-ring (bicyclic) bond motifs is 1. The van der Waals surface area contributed by atoms with Crippen molar-refractivity contribution in [3.8, 4) is 0 Å². The van der Waals surface area contributed by atoms with Gasteiger partial charge in [0.05, 0.1) is 10.6 Å². The molecule has 1 aliphatic heterocycles. The Hall–Kier alpha value is -2.54. The van der Waals surface area contributed by atoms with Crippen molar-refractivity contribution in [2.75, 3.05) is 17.4 Å². The molecule has 0 radical (unpaired) electrons. The maximum atomic E-state index is 12.6. The summed E-state index contributed by atoms with van der Waals surface area (Å²) in [4.78, 5) is 5.77. The number of pyridine rings is 1. The van der Waals surface area contributed by atoms with Crippen molar-refractivity contribution in [3.63, 3.8) is 0 Å². The predicted molar refractivity (Wildman–Crippen MR) is 102 cm³/mol. The van der Waals surface area contributed by atoms with Crippen molar-refractivity contribution in [3.05, 3.63) is 64.5 Å². The fourth-order valence-corrected chi connectivity index (χ4v) is 3.39. The molecule has 0 atom stereocenters. The number of rotatable bonds is 3. The molecular formula is C19H18ClF3N4. The van der Waals surface area contributed by atoms with Gasteiger partial charge >= 0.3 is 6.18 Å². The van der Waals surface area contributed by atoms with Crippen LogP contribution in [0.25, 0.3) is 0 Å². The van der Waals surface area contributed by atoms with Gasteiger partial charge in [-0.05, 0) is 23.8 Å². The van der Waals surface area contributed by atoms with E-state index in [1.807, 2.05) is 25.3 Å². The molecule has 1 aliphatic rings. The van der Waals surface area contributed by atoms with Crippen LogP contribution < -0.4 is 10.3 Å². The van der Waals surface area contributed by atoms with Crippen molar-refractivity contribution in [2.45, 2.75) is 25.4 Å². The number of anilines is 2. The lowest BCUT2D eigenvalue weighted by molar-refractivity contribution is -0.137. The van der Waals surface area contributed by atoms with Crippen LogP contribution in [0.4, 0.5) is 24.7 Å². The first kappa shape index (κ1) is 19.2. The van der Waals surface area contributed by atoms with E-state index in [-0.39, 0.29) is 16.3 Å². The second kappa shape index (κ2) is 6.88. The Kier molecular flexibility index (Phi) is 4.90. The second-order valence-corrected chi connectivity index (χ2v) is 7.10. The molecule has 8 heteroatoms. The molecule has 0 unspecified atom stereocenters. The van der Waals surface area contributed by atoms with E-state index < -0.39 is 11.7 Å². The Balaban J connectivity index is 1.77. The van der Waals surface area contributed by atoms with Crippen LogP contribution in [0.3, 0.4) is 0 Å². The number of nitrogens with zero attached hydrogens (tertiary/aromatic N) is 3. The maximum absolute atomic E-state index is 12.6. The number of allylic oxidation sites excluding steroid dienone is 2. The Morgan fingerprint density at radius 1 is 1.26 bits per heavy atom. The van der Waals surface area contributed by atoms with Gasteiger partial charge in [0.1, 0.15) is 0 Å². The van der Waals surface area contributed by atoms with Crippen molar-refractivity contribution in [1.29, 1.82) is 0 Å². The fraction of sp³-hybridized carbons (Fsp3) is 0.263. The normalized spacial score (nSPS) is 17.6. The number of benzene rings is 1. The molecule has 0 saturated heterocycles. The van der Waals surface area contributed by atoms with Crippen LogP contribution in [0, 0.1) is 0 Å². The van der Waals surface area contributed by atoms with E-state index in [1.165, 1.54) is 11.8 Å². The summed E-state index contributed by atoms with van der Waals surface area (Å²) in [7, 11) is 1.98. The van der Waals surface area contributed by atoms with Gasteiger partial charge in [-0.2, -0.15) is 18.3 Å². The molecule has 2 aromatic rings. The first-order valence-electron chi connectivity index (χ1n) is 8.18. The zero-order chi connectivity index (χ0) is 19.8. The molecule has 4 nitrogen and oxygen atoms in total. The zero-order valence-electron chi connectivity index (χ0n) is 15.0. The Labute approximate surface area is 160 Å². The first-order valence-corrected chi connectivity index (χ1v) is 8.56. The van der Waals surface area contributed by atoms with Crippen LogP contribution in [0.5, 0.6) is 0 Å². The monoisotopic (exact) mass is 394 g/mol. The molecule has 0 spiro atoms. The van der Waals surface area contributed by atoms with E-state index >= 15 is 0 Å². The molecule has 1 N–H and O–H groups in total. The summed E-state index contributed by atoms with van der Waals surface area (Å²) in [6, 6.07) is 8.95. The largest absolute Gasteiger partial charge is 0.417 e. The molecule has 0 fully saturated rings. The zero-order valence-corrected chi connectivity index (χ0v) is 15.7. The van der Waals surface area contributed by atoms with Crippen molar-refractivity contribution >= 4 is 29.3 Å². The highest BCUT2D eigenvalue weighted by atomic mass is 35.5. The Morgan fingerprint density at radius 3 is 2.59 bits per heavy atom. The minimum atomic E-state index is -4.49. The lowest BCUT2D eigenvalue weighted by atomic mass is 9.84. The van der Waals surface area contributed by atoms with Gasteiger partial charge in [-0.15, -0.1) is 0 Å². The lowest BCUT2D eigenvalue weighted by Gasteiger charge is -2.23.